The molecule has 0 atom stereocenters. The molecule has 0 bridgehead atoms. The Morgan fingerprint density at radius 2 is 2.33 bits per heavy atom. The lowest BCUT2D eigenvalue weighted by molar-refractivity contribution is 0.0694. The summed E-state index contributed by atoms with van der Waals surface area (Å²) >= 11 is 0. The molecule has 2 rings (SSSR count). The Hall–Kier alpha value is -1.85. The van der Waals surface area contributed by atoms with Crippen molar-refractivity contribution in [1.29, 1.82) is 0 Å². The summed E-state index contributed by atoms with van der Waals surface area (Å²) in [6.45, 7) is 0. The molecule has 0 unspecified atom stereocenters. The van der Waals surface area contributed by atoms with E-state index in [9.17, 15) is 9.59 Å². The third-order valence-corrected chi connectivity index (χ3v) is 2.49. The number of hydrogen-bond acceptors (Lipinski definition) is 4. The van der Waals surface area contributed by atoms with Crippen molar-refractivity contribution in [3.05, 3.63) is 22.0 Å². The number of carboxylic acid groups (broad SMARTS) is 1. The van der Waals surface area contributed by atoms with Crippen molar-refractivity contribution in [3.8, 4) is 0 Å². The second-order valence-corrected chi connectivity index (χ2v) is 3.57. The third-order valence-electron chi connectivity index (χ3n) is 2.49. The first-order chi connectivity index (χ1) is 7.16. The van der Waals surface area contributed by atoms with Crippen LogP contribution in [0.4, 0.5) is 5.82 Å². The van der Waals surface area contributed by atoms with Gasteiger partial charge in [-0.2, -0.15) is 5.10 Å². The highest BCUT2D eigenvalue weighted by atomic mass is 16.4. The first kappa shape index (κ1) is 9.70. The molecule has 15 heavy (non-hydrogen) atoms. The van der Waals surface area contributed by atoms with Crippen LogP contribution in [0.15, 0.2) is 10.9 Å². The van der Waals surface area contributed by atoms with Gasteiger partial charge in [0.2, 0.25) is 0 Å². The number of hydrogen-bond donors (Lipinski definition) is 3. The van der Waals surface area contributed by atoms with E-state index in [1.807, 2.05) is 0 Å². The average Bonchev–Trinajstić information content (AvgIpc) is 2.13. The van der Waals surface area contributed by atoms with E-state index in [1.54, 1.807) is 0 Å². The van der Waals surface area contributed by atoms with Crippen LogP contribution in [-0.4, -0.2) is 27.3 Å². The molecule has 1 aromatic rings. The lowest BCUT2D eigenvalue weighted by atomic mass is 9.93. The number of anilines is 1. The predicted octanol–water partition coefficient (Wildman–Crippen LogP) is 0.432. The Morgan fingerprint density at radius 3 is 2.87 bits per heavy atom. The highest BCUT2D eigenvalue weighted by Crippen LogP contribution is 2.21. The first-order valence-corrected chi connectivity index (χ1v) is 4.76. The van der Waals surface area contributed by atoms with Crippen LogP contribution in [0.1, 0.15) is 29.6 Å². The molecule has 3 N–H and O–H groups in total. The fourth-order valence-corrected chi connectivity index (χ4v) is 1.40. The summed E-state index contributed by atoms with van der Waals surface area (Å²) in [5.41, 5.74) is -0.964. The van der Waals surface area contributed by atoms with Gasteiger partial charge in [0.1, 0.15) is 11.4 Å². The van der Waals surface area contributed by atoms with Crippen molar-refractivity contribution in [2.75, 3.05) is 5.32 Å². The highest BCUT2D eigenvalue weighted by molar-refractivity contribution is 5.87. The molecule has 0 saturated heterocycles. The summed E-state index contributed by atoms with van der Waals surface area (Å²) in [7, 11) is 0. The second kappa shape index (κ2) is 3.72. The molecule has 0 aliphatic heterocycles. The summed E-state index contributed by atoms with van der Waals surface area (Å²) in [5.74, 6) is -0.827. The zero-order valence-electron chi connectivity index (χ0n) is 7.99. The minimum absolute atomic E-state index is 0.285. The Kier molecular flexibility index (Phi) is 2.40. The van der Waals surface area contributed by atoms with Crippen molar-refractivity contribution in [2.24, 2.45) is 0 Å². The van der Waals surface area contributed by atoms with Crippen LogP contribution in [0.3, 0.4) is 0 Å². The van der Waals surface area contributed by atoms with E-state index in [4.69, 9.17) is 5.11 Å². The number of nitrogens with zero attached hydrogens (tertiary/aromatic N) is 1. The van der Waals surface area contributed by atoms with E-state index in [0.29, 0.717) is 11.9 Å². The fourth-order valence-electron chi connectivity index (χ4n) is 1.40. The quantitative estimate of drug-likeness (QED) is 0.671. The molecule has 0 aromatic carbocycles. The smallest absolute Gasteiger partial charge is 0.341 e. The molecule has 0 radical (unpaired) electrons. The van der Waals surface area contributed by atoms with E-state index >= 15 is 0 Å². The lowest BCUT2D eigenvalue weighted by Gasteiger charge is -2.26. The Morgan fingerprint density at radius 1 is 1.60 bits per heavy atom. The molecule has 0 spiro atoms. The van der Waals surface area contributed by atoms with Gasteiger partial charge >= 0.3 is 5.97 Å². The van der Waals surface area contributed by atoms with Crippen molar-refractivity contribution in [3.63, 3.8) is 0 Å². The van der Waals surface area contributed by atoms with Gasteiger partial charge in [-0.15, -0.1) is 0 Å². The van der Waals surface area contributed by atoms with E-state index in [2.05, 4.69) is 15.5 Å². The lowest BCUT2D eigenvalue weighted by Crippen LogP contribution is -2.29. The Balaban J connectivity index is 2.21. The number of H-pyrrole nitrogens is 1. The molecule has 1 fully saturated rings. The minimum Gasteiger partial charge on any atom is -0.477 e. The van der Waals surface area contributed by atoms with Gasteiger partial charge in [0, 0.05) is 12.1 Å². The molecule has 1 aliphatic carbocycles. The van der Waals surface area contributed by atoms with Crippen molar-refractivity contribution < 1.29 is 9.90 Å². The number of aromatic amines is 1. The zero-order chi connectivity index (χ0) is 10.8. The molecule has 0 amide bonds. The van der Waals surface area contributed by atoms with Crippen molar-refractivity contribution in [1.82, 2.24) is 10.2 Å². The van der Waals surface area contributed by atoms with Gasteiger partial charge in [0.15, 0.2) is 0 Å². The van der Waals surface area contributed by atoms with Crippen LogP contribution in [0.25, 0.3) is 0 Å². The van der Waals surface area contributed by atoms with Crippen molar-refractivity contribution in [2.45, 2.75) is 25.3 Å². The fraction of sp³-hybridized carbons (Fsp3) is 0.444. The summed E-state index contributed by atoms with van der Waals surface area (Å²) < 4.78 is 0. The van der Waals surface area contributed by atoms with Gasteiger partial charge in [-0.3, -0.25) is 4.79 Å². The van der Waals surface area contributed by atoms with Gasteiger partial charge in [0.05, 0.1) is 0 Å². The van der Waals surface area contributed by atoms with E-state index < -0.39 is 11.5 Å². The molecule has 1 aliphatic rings. The number of aromatic carboxylic acids is 1. The van der Waals surface area contributed by atoms with E-state index in [-0.39, 0.29) is 5.56 Å². The number of carboxylic acids is 1. The predicted molar refractivity (Wildman–Crippen MR) is 53.1 cm³/mol. The van der Waals surface area contributed by atoms with E-state index in [1.165, 1.54) is 12.5 Å². The Labute approximate surface area is 85.3 Å². The molecule has 80 valence electrons. The first-order valence-electron chi connectivity index (χ1n) is 4.76. The molecule has 1 aromatic heterocycles. The van der Waals surface area contributed by atoms with Crippen LogP contribution in [0, 0.1) is 0 Å². The monoisotopic (exact) mass is 209 g/mol. The number of carbonyl (C=O) groups is 1. The van der Waals surface area contributed by atoms with Crippen LogP contribution < -0.4 is 10.9 Å². The summed E-state index contributed by atoms with van der Waals surface area (Å²) in [4.78, 5) is 21.7. The summed E-state index contributed by atoms with van der Waals surface area (Å²) in [6.07, 6.45) is 3.29. The number of nitrogens with one attached hydrogen (secondary N) is 2. The van der Waals surface area contributed by atoms with Gasteiger partial charge in [-0.1, -0.05) is 0 Å². The van der Waals surface area contributed by atoms with Crippen LogP contribution in [-0.2, 0) is 0 Å². The SMILES string of the molecule is O=C(O)c1cc(NC2CCC2)n[nH]c1=O. The zero-order valence-corrected chi connectivity index (χ0v) is 7.99. The number of aromatic nitrogens is 2. The van der Waals surface area contributed by atoms with Gasteiger partial charge in [-0.05, 0) is 19.3 Å². The van der Waals surface area contributed by atoms with Crippen molar-refractivity contribution >= 4 is 11.8 Å². The molecular formula is C9H11N3O3. The van der Waals surface area contributed by atoms with Crippen LogP contribution in [0.2, 0.25) is 0 Å². The maximum atomic E-state index is 11.1. The molecule has 1 saturated carbocycles. The maximum absolute atomic E-state index is 11.1. The standard InChI is InChI=1S/C9H11N3O3/c13-8-6(9(14)15)4-7(11-12-8)10-5-2-1-3-5/h4-5H,1-3H2,(H,10,11)(H,12,13)(H,14,15). The highest BCUT2D eigenvalue weighted by Gasteiger charge is 2.18. The van der Waals surface area contributed by atoms with Crippen LogP contribution >= 0.6 is 0 Å². The minimum atomic E-state index is -1.24. The third kappa shape index (κ3) is 1.98. The largest absolute Gasteiger partial charge is 0.477 e. The number of rotatable bonds is 3. The molecule has 1 heterocycles. The molecule has 6 heteroatoms. The van der Waals surface area contributed by atoms with Gasteiger partial charge < -0.3 is 10.4 Å². The normalized spacial score (nSPS) is 15.7. The Bertz CT molecular complexity index is 436. The topological polar surface area (TPSA) is 95.1 Å². The van der Waals surface area contributed by atoms with Gasteiger partial charge in [0.25, 0.3) is 5.56 Å². The van der Waals surface area contributed by atoms with E-state index in [0.717, 1.165) is 12.8 Å². The second-order valence-electron chi connectivity index (χ2n) is 3.57. The average molecular weight is 209 g/mol. The molecule has 6 nitrogen and oxygen atoms in total. The van der Waals surface area contributed by atoms with Crippen LogP contribution in [0.5, 0.6) is 0 Å². The molecular weight excluding hydrogens is 198 g/mol. The summed E-state index contributed by atoms with van der Waals surface area (Å²) in [6, 6.07) is 1.62. The maximum Gasteiger partial charge on any atom is 0.341 e. The summed E-state index contributed by atoms with van der Waals surface area (Å²) in [5, 5.41) is 17.7. The van der Waals surface area contributed by atoms with Gasteiger partial charge in [-0.25, -0.2) is 9.89 Å².